The maximum atomic E-state index is 5.09. The number of para-hydroxylation sites is 4. The van der Waals surface area contributed by atoms with Crippen LogP contribution in [0.15, 0.2) is 243 Å². The maximum Gasteiger partial charge on any atom is 0.160 e. The van der Waals surface area contributed by atoms with Crippen LogP contribution in [0.1, 0.15) is 0 Å². The zero-order chi connectivity index (χ0) is 45.4. The molecular weight excluding hydrogens is 841 g/mol. The van der Waals surface area contributed by atoms with E-state index >= 15 is 0 Å². The van der Waals surface area contributed by atoms with E-state index in [1.165, 1.54) is 43.6 Å². The molecule has 0 spiro atoms. The van der Waals surface area contributed by atoms with Crippen molar-refractivity contribution in [3.8, 4) is 62.2 Å². The van der Waals surface area contributed by atoms with Gasteiger partial charge in [0, 0.05) is 66.6 Å². The molecule has 0 fully saturated rings. The molecule has 14 rings (SSSR count). The molecule has 6 nitrogen and oxygen atoms in total. The first-order chi connectivity index (χ1) is 34.2. The molecule has 14 aromatic rings. The van der Waals surface area contributed by atoms with Gasteiger partial charge in [0.2, 0.25) is 0 Å². The van der Waals surface area contributed by atoms with Crippen LogP contribution in [0.5, 0.6) is 0 Å². The van der Waals surface area contributed by atoms with Crippen molar-refractivity contribution >= 4 is 65.4 Å². The minimum Gasteiger partial charge on any atom is -0.309 e. The van der Waals surface area contributed by atoms with E-state index in [1.807, 2.05) is 42.6 Å². The highest BCUT2D eigenvalue weighted by Crippen LogP contribution is 2.40. The summed E-state index contributed by atoms with van der Waals surface area (Å²) < 4.78 is 7.13. The summed E-state index contributed by atoms with van der Waals surface area (Å²) in [6, 6.07) is 84.2. The SMILES string of the molecule is c1ccc(-c2cc(-c3ccc(-c4ccnc(-n5c6ccc(-n7c8ccccc8c8ccccc87)cc6c6cc(-n7c8ccccc8c8ccccc87)ccc65)c4)cc3)nc(-c3ccccc3)n2)cc1. The second-order valence-electron chi connectivity index (χ2n) is 17.7. The monoisotopic (exact) mass is 880 g/mol. The number of rotatable bonds is 7. The molecule has 0 bridgehead atoms. The highest BCUT2D eigenvalue weighted by Gasteiger charge is 2.20. The highest BCUT2D eigenvalue weighted by molar-refractivity contribution is 6.14. The quantitative estimate of drug-likeness (QED) is 0.160. The van der Waals surface area contributed by atoms with Crippen molar-refractivity contribution in [3.05, 3.63) is 243 Å². The lowest BCUT2D eigenvalue weighted by Gasteiger charge is -2.12. The second-order valence-corrected chi connectivity index (χ2v) is 17.7. The van der Waals surface area contributed by atoms with E-state index in [0.29, 0.717) is 5.82 Å². The van der Waals surface area contributed by atoms with E-state index in [4.69, 9.17) is 15.0 Å². The first-order valence-electron chi connectivity index (χ1n) is 23.3. The molecule has 6 heteroatoms. The summed E-state index contributed by atoms with van der Waals surface area (Å²) in [5.74, 6) is 1.55. The van der Waals surface area contributed by atoms with Gasteiger partial charge in [0.25, 0.3) is 0 Å². The van der Waals surface area contributed by atoms with Gasteiger partial charge in [-0.25, -0.2) is 15.0 Å². The summed E-state index contributed by atoms with van der Waals surface area (Å²) in [4.78, 5) is 15.2. The lowest BCUT2D eigenvalue weighted by atomic mass is 10.0. The van der Waals surface area contributed by atoms with E-state index < -0.39 is 0 Å². The van der Waals surface area contributed by atoms with Gasteiger partial charge in [0.15, 0.2) is 5.82 Å². The minimum absolute atomic E-state index is 0.699. The van der Waals surface area contributed by atoms with Gasteiger partial charge in [0.1, 0.15) is 5.82 Å². The van der Waals surface area contributed by atoms with Crippen LogP contribution in [-0.4, -0.2) is 28.7 Å². The van der Waals surface area contributed by atoms with Crippen LogP contribution in [0.4, 0.5) is 0 Å². The van der Waals surface area contributed by atoms with E-state index in [0.717, 1.165) is 78.2 Å². The van der Waals surface area contributed by atoms with Crippen LogP contribution in [0.3, 0.4) is 0 Å². The molecule has 322 valence electrons. The van der Waals surface area contributed by atoms with Gasteiger partial charge in [-0.1, -0.05) is 158 Å². The molecule has 0 aliphatic carbocycles. The fourth-order valence-corrected chi connectivity index (χ4v) is 10.5. The van der Waals surface area contributed by atoms with Gasteiger partial charge in [0.05, 0.1) is 44.5 Å². The Labute approximate surface area is 397 Å². The Morgan fingerprint density at radius 1 is 0.261 bits per heavy atom. The normalized spacial score (nSPS) is 11.8. The molecule has 5 aromatic heterocycles. The standard InChI is InChI=1S/C63H40N6/c1-3-15-42(16-4-1)54-40-55(66-63(65-54)44-17-5-2-6-18-44)43-29-27-41(28-30-43)45-35-36-64-62(37-45)69-60-33-31-46(67-56-23-11-7-19-48(56)49-20-8-12-24-57(49)67)38-52(60)53-39-47(32-34-61(53)69)68-58-25-13-9-21-50(58)51-22-10-14-26-59(51)68/h1-40H. The van der Waals surface area contributed by atoms with Gasteiger partial charge in [-0.2, -0.15) is 0 Å². The lowest BCUT2D eigenvalue weighted by Crippen LogP contribution is -1.99. The summed E-state index contributed by atoms with van der Waals surface area (Å²) in [6.07, 6.45) is 1.93. The third kappa shape index (κ3) is 6.30. The molecule has 0 saturated heterocycles. The largest absolute Gasteiger partial charge is 0.309 e. The highest BCUT2D eigenvalue weighted by atomic mass is 15.1. The summed E-state index contributed by atoms with van der Waals surface area (Å²) in [7, 11) is 0. The molecule has 69 heavy (non-hydrogen) atoms. The van der Waals surface area contributed by atoms with Crippen LogP contribution in [0.2, 0.25) is 0 Å². The third-order valence-electron chi connectivity index (χ3n) is 13.7. The Balaban J connectivity index is 0.924. The molecular formula is C63H40N6. The maximum absolute atomic E-state index is 5.09. The fraction of sp³-hybridized carbons (Fsp3) is 0. The Kier molecular flexibility index (Phi) is 8.79. The van der Waals surface area contributed by atoms with Crippen molar-refractivity contribution in [1.29, 1.82) is 0 Å². The number of hydrogen-bond acceptors (Lipinski definition) is 3. The first-order valence-corrected chi connectivity index (χ1v) is 23.3. The molecule has 0 radical (unpaired) electrons. The van der Waals surface area contributed by atoms with Crippen LogP contribution >= 0.6 is 0 Å². The topological polar surface area (TPSA) is 53.5 Å². The summed E-state index contributed by atoms with van der Waals surface area (Å²) in [6.45, 7) is 0. The van der Waals surface area contributed by atoms with Gasteiger partial charge in [-0.05, 0) is 90.0 Å². The van der Waals surface area contributed by atoms with Gasteiger partial charge < -0.3 is 9.13 Å². The molecule has 0 N–H and O–H groups in total. The number of nitrogens with zero attached hydrogens (tertiary/aromatic N) is 6. The number of pyridine rings is 1. The Morgan fingerprint density at radius 3 is 1.16 bits per heavy atom. The predicted molar refractivity (Wildman–Crippen MR) is 285 cm³/mol. The molecule has 0 amide bonds. The summed E-state index contributed by atoms with van der Waals surface area (Å²) in [5, 5.41) is 7.26. The zero-order valence-corrected chi connectivity index (χ0v) is 37.3. The van der Waals surface area contributed by atoms with Crippen molar-refractivity contribution < 1.29 is 0 Å². The van der Waals surface area contributed by atoms with Crippen LogP contribution in [0, 0.1) is 0 Å². The van der Waals surface area contributed by atoms with Crippen LogP contribution in [0.25, 0.3) is 128 Å². The fourth-order valence-electron chi connectivity index (χ4n) is 10.5. The molecule has 5 heterocycles. The third-order valence-corrected chi connectivity index (χ3v) is 13.7. The Hall–Kier alpha value is -9.39. The smallest absolute Gasteiger partial charge is 0.160 e. The average molecular weight is 881 g/mol. The van der Waals surface area contributed by atoms with Gasteiger partial charge in [-0.15, -0.1) is 0 Å². The summed E-state index contributed by atoms with van der Waals surface area (Å²) >= 11 is 0. The van der Waals surface area contributed by atoms with Gasteiger partial charge in [-0.3, -0.25) is 4.57 Å². The molecule has 9 aromatic carbocycles. The van der Waals surface area contributed by atoms with E-state index in [9.17, 15) is 0 Å². The number of benzene rings is 9. The van der Waals surface area contributed by atoms with E-state index in [-0.39, 0.29) is 0 Å². The predicted octanol–water partition coefficient (Wildman–Crippen LogP) is 15.8. The molecule has 0 saturated carbocycles. The lowest BCUT2D eigenvalue weighted by molar-refractivity contribution is 1.08. The Bertz CT molecular complexity index is 3960. The minimum atomic E-state index is 0.699. The van der Waals surface area contributed by atoms with E-state index in [2.05, 4.69) is 214 Å². The second kappa shape index (κ2) is 15.6. The molecule has 0 unspecified atom stereocenters. The molecule has 0 aliphatic heterocycles. The van der Waals surface area contributed by atoms with Crippen molar-refractivity contribution in [1.82, 2.24) is 28.7 Å². The van der Waals surface area contributed by atoms with Crippen molar-refractivity contribution in [2.24, 2.45) is 0 Å². The summed E-state index contributed by atoms with van der Waals surface area (Å²) in [5.41, 5.74) is 16.1. The number of hydrogen-bond donors (Lipinski definition) is 0. The van der Waals surface area contributed by atoms with Crippen molar-refractivity contribution in [2.75, 3.05) is 0 Å². The van der Waals surface area contributed by atoms with Gasteiger partial charge >= 0.3 is 0 Å². The Morgan fingerprint density at radius 2 is 0.667 bits per heavy atom. The van der Waals surface area contributed by atoms with E-state index in [1.54, 1.807) is 0 Å². The molecule has 0 atom stereocenters. The first kappa shape index (κ1) is 38.8. The zero-order valence-electron chi connectivity index (χ0n) is 37.3. The van der Waals surface area contributed by atoms with Crippen LogP contribution < -0.4 is 0 Å². The van der Waals surface area contributed by atoms with Crippen molar-refractivity contribution in [2.45, 2.75) is 0 Å². The average Bonchev–Trinajstić information content (AvgIpc) is 4.06. The number of aromatic nitrogens is 6. The van der Waals surface area contributed by atoms with Crippen molar-refractivity contribution in [3.63, 3.8) is 0 Å². The van der Waals surface area contributed by atoms with Crippen LogP contribution in [-0.2, 0) is 0 Å². The molecule has 0 aliphatic rings. The number of fused-ring (bicyclic) bond motifs is 9.